The van der Waals surface area contributed by atoms with Gasteiger partial charge in [-0.2, -0.15) is 0 Å². The number of nitrogens with one attached hydrogen (secondary N) is 5. The first-order chi connectivity index (χ1) is 19.6. The number of rotatable bonds is 5. The van der Waals surface area contributed by atoms with E-state index < -0.39 is 0 Å². The molecule has 1 amide bonds. The summed E-state index contributed by atoms with van der Waals surface area (Å²) in [6.45, 7) is 0.802. The average molecular weight is 540 g/mol. The number of aromatic nitrogens is 3. The zero-order valence-electron chi connectivity index (χ0n) is 22.3. The van der Waals surface area contributed by atoms with Crippen LogP contribution in [0.25, 0.3) is 22.2 Å². The van der Waals surface area contributed by atoms with Gasteiger partial charge in [-0.3, -0.25) is 15.2 Å². The second-order valence-electron chi connectivity index (χ2n) is 11.4. The predicted octanol–water partition coefficient (Wildman–Crippen LogP) is 5.15. The number of piperidine rings is 1. The Morgan fingerprint density at radius 1 is 1.00 bits per heavy atom. The molecule has 0 spiro atoms. The van der Waals surface area contributed by atoms with E-state index in [-0.39, 0.29) is 35.8 Å². The third kappa shape index (κ3) is 4.78. The highest BCUT2D eigenvalue weighted by Crippen LogP contribution is 2.40. The molecule has 1 saturated carbocycles. The fourth-order valence-electron chi connectivity index (χ4n) is 6.79. The lowest BCUT2D eigenvalue weighted by Gasteiger charge is -2.34. The number of fused-ring (bicyclic) bond motifs is 2. The van der Waals surface area contributed by atoms with Gasteiger partial charge in [-0.25, -0.2) is 14.8 Å². The van der Waals surface area contributed by atoms with Gasteiger partial charge < -0.3 is 15.6 Å². The van der Waals surface area contributed by atoms with Crippen LogP contribution in [0.2, 0.25) is 0 Å². The minimum absolute atomic E-state index is 0.0411. The largest absolute Gasteiger partial charge is 0.342 e. The number of halogens is 1. The number of amides is 1. The smallest absolute Gasteiger partial charge is 0.227 e. The molecule has 4 aromatic rings. The number of aromatic amines is 1. The maximum Gasteiger partial charge on any atom is 0.227 e. The number of H-pyrrole nitrogens is 1. The number of carbonyl (C=O) groups is 1. The second kappa shape index (κ2) is 10.7. The van der Waals surface area contributed by atoms with Gasteiger partial charge in [0, 0.05) is 59.5 Å². The topological polar surface area (TPSA) is 107 Å². The van der Waals surface area contributed by atoms with E-state index in [1.165, 1.54) is 12.5 Å². The van der Waals surface area contributed by atoms with E-state index in [4.69, 9.17) is 0 Å². The summed E-state index contributed by atoms with van der Waals surface area (Å²) in [6.07, 6.45) is 11.7. The fourth-order valence-corrected chi connectivity index (χ4v) is 6.79. The Hall–Kier alpha value is -3.66. The number of anilines is 1. The van der Waals surface area contributed by atoms with Crippen LogP contribution >= 0.6 is 0 Å². The summed E-state index contributed by atoms with van der Waals surface area (Å²) in [7, 11) is 0. The highest BCUT2D eigenvalue weighted by Gasteiger charge is 2.42. The van der Waals surface area contributed by atoms with Crippen molar-refractivity contribution in [2.24, 2.45) is 11.8 Å². The van der Waals surface area contributed by atoms with Crippen LogP contribution in [0.5, 0.6) is 0 Å². The molecule has 9 heteroatoms. The summed E-state index contributed by atoms with van der Waals surface area (Å²) < 4.78 is 14.6. The molecule has 2 aliphatic heterocycles. The Labute approximate surface area is 232 Å². The Balaban J connectivity index is 1.11. The summed E-state index contributed by atoms with van der Waals surface area (Å²) >= 11 is 0. The number of hydrogen-bond acceptors (Lipinski definition) is 6. The zero-order valence-corrected chi connectivity index (χ0v) is 22.3. The molecule has 8 nitrogen and oxygen atoms in total. The highest BCUT2D eigenvalue weighted by atomic mass is 19.1. The minimum Gasteiger partial charge on any atom is -0.342 e. The van der Waals surface area contributed by atoms with E-state index >= 15 is 0 Å². The Morgan fingerprint density at radius 2 is 1.88 bits per heavy atom. The molecule has 206 valence electrons. The first-order valence-electron chi connectivity index (χ1n) is 14.4. The van der Waals surface area contributed by atoms with Gasteiger partial charge in [-0.05, 0) is 54.7 Å². The molecular weight excluding hydrogens is 505 g/mol. The van der Waals surface area contributed by atoms with Crippen molar-refractivity contribution in [3.05, 3.63) is 78.1 Å². The standard InChI is InChI=1S/C31H34FN7O/c32-25-9-5-4-8-22(25)21-10-11-34-30-23(21)13-27(37-30)29-24-14-26(35-17-28(24)38-39-29)19-12-20(16-33-15-19)36-31(40)18-6-2-1-3-7-18/h4-5,8-13,15-16,18,24,26,28-29,35,38-39H,1-3,6-7,14,17H2,(H,34,37)(H,36,40). The van der Waals surface area contributed by atoms with Crippen molar-refractivity contribution < 1.29 is 9.18 Å². The molecule has 2 saturated heterocycles. The van der Waals surface area contributed by atoms with Gasteiger partial charge in [0.1, 0.15) is 11.5 Å². The summed E-state index contributed by atoms with van der Waals surface area (Å²) in [6, 6.07) is 13.3. The molecule has 0 bridgehead atoms. The number of carbonyl (C=O) groups excluding carboxylic acids is 1. The molecule has 1 aliphatic carbocycles. The summed E-state index contributed by atoms with van der Waals surface area (Å²) in [5.74, 6) is 0.274. The van der Waals surface area contributed by atoms with E-state index in [9.17, 15) is 9.18 Å². The molecule has 0 radical (unpaired) electrons. The van der Waals surface area contributed by atoms with Crippen LogP contribution in [0.4, 0.5) is 10.1 Å². The van der Waals surface area contributed by atoms with Crippen LogP contribution in [0.3, 0.4) is 0 Å². The molecule has 4 unspecified atom stereocenters. The fraction of sp³-hybridized carbons (Fsp3) is 0.387. The Bertz CT molecular complexity index is 1530. The van der Waals surface area contributed by atoms with Crippen LogP contribution in [0, 0.1) is 17.7 Å². The first-order valence-corrected chi connectivity index (χ1v) is 14.4. The Kier molecular flexibility index (Phi) is 6.79. The van der Waals surface area contributed by atoms with Crippen molar-refractivity contribution in [2.75, 3.05) is 11.9 Å². The number of benzene rings is 1. The predicted molar refractivity (Wildman–Crippen MR) is 153 cm³/mol. The molecule has 1 aromatic carbocycles. The third-order valence-corrected chi connectivity index (χ3v) is 8.92. The zero-order chi connectivity index (χ0) is 27.1. The molecule has 4 atom stereocenters. The lowest BCUT2D eigenvalue weighted by Crippen LogP contribution is -2.46. The quantitative estimate of drug-likeness (QED) is 0.240. The average Bonchev–Trinajstić information content (AvgIpc) is 3.62. The molecule has 5 heterocycles. The van der Waals surface area contributed by atoms with Crippen LogP contribution in [-0.4, -0.2) is 33.4 Å². The van der Waals surface area contributed by atoms with Gasteiger partial charge in [0.2, 0.25) is 5.91 Å². The van der Waals surface area contributed by atoms with Gasteiger partial charge in [0.25, 0.3) is 0 Å². The van der Waals surface area contributed by atoms with Crippen molar-refractivity contribution >= 4 is 22.6 Å². The number of hydrogen-bond donors (Lipinski definition) is 5. The van der Waals surface area contributed by atoms with Gasteiger partial charge in [-0.1, -0.05) is 37.5 Å². The maximum atomic E-state index is 14.6. The van der Waals surface area contributed by atoms with Gasteiger partial charge in [-0.15, -0.1) is 0 Å². The van der Waals surface area contributed by atoms with Gasteiger partial charge in [0.15, 0.2) is 0 Å². The maximum absolute atomic E-state index is 14.6. The molecule has 3 fully saturated rings. The molecule has 40 heavy (non-hydrogen) atoms. The third-order valence-electron chi connectivity index (χ3n) is 8.92. The van der Waals surface area contributed by atoms with E-state index in [1.807, 2.05) is 18.3 Å². The van der Waals surface area contributed by atoms with Gasteiger partial charge in [0.05, 0.1) is 17.9 Å². The number of nitrogens with zero attached hydrogens (tertiary/aromatic N) is 2. The highest BCUT2D eigenvalue weighted by molar-refractivity contribution is 5.94. The summed E-state index contributed by atoms with van der Waals surface area (Å²) in [4.78, 5) is 25.3. The van der Waals surface area contributed by atoms with Crippen LogP contribution in [-0.2, 0) is 4.79 Å². The van der Waals surface area contributed by atoms with Crippen molar-refractivity contribution in [1.29, 1.82) is 0 Å². The van der Waals surface area contributed by atoms with E-state index in [1.54, 1.807) is 24.5 Å². The van der Waals surface area contributed by atoms with Crippen LogP contribution in [0.1, 0.15) is 61.9 Å². The van der Waals surface area contributed by atoms with Crippen molar-refractivity contribution in [1.82, 2.24) is 31.1 Å². The van der Waals surface area contributed by atoms with Crippen molar-refractivity contribution in [2.45, 2.75) is 56.7 Å². The van der Waals surface area contributed by atoms with E-state index in [0.717, 1.165) is 72.2 Å². The molecule has 7 rings (SSSR count). The first kappa shape index (κ1) is 25.3. The Morgan fingerprint density at radius 3 is 2.75 bits per heavy atom. The number of hydrazine groups is 1. The lowest BCUT2D eigenvalue weighted by atomic mass is 9.81. The second-order valence-corrected chi connectivity index (χ2v) is 11.4. The van der Waals surface area contributed by atoms with Gasteiger partial charge >= 0.3 is 0 Å². The normalized spacial score (nSPS) is 25.1. The van der Waals surface area contributed by atoms with Crippen LogP contribution < -0.4 is 21.5 Å². The van der Waals surface area contributed by atoms with Crippen LogP contribution in [0.15, 0.2) is 61.1 Å². The number of pyridine rings is 2. The van der Waals surface area contributed by atoms with Crippen molar-refractivity contribution in [3.63, 3.8) is 0 Å². The van der Waals surface area contributed by atoms with E-state index in [2.05, 4.69) is 48.6 Å². The molecule has 5 N–H and O–H groups in total. The van der Waals surface area contributed by atoms with E-state index in [0.29, 0.717) is 11.5 Å². The summed E-state index contributed by atoms with van der Waals surface area (Å²) in [5.41, 5.74) is 12.0. The lowest BCUT2D eigenvalue weighted by molar-refractivity contribution is -0.120. The van der Waals surface area contributed by atoms with Crippen molar-refractivity contribution in [3.8, 4) is 11.1 Å². The minimum atomic E-state index is -0.245. The molecular formula is C31H34FN7O. The molecule has 3 aromatic heterocycles. The SMILES string of the molecule is O=C(Nc1cncc(C2CC3C(CN2)NNC3c2cc3c(-c4ccccc4F)ccnc3[nH]2)c1)C1CCCCC1. The summed E-state index contributed by atoms with van der Waals surface area (Å²) in [5, 5.41) is 7.69. The monoisotopic (exact) mass is 539 g/mol. The molecule has 3 aliphatic rings.